The van der Waals surface area contributed by atoms with E-state index in [1.54, 1.807) is 42.5 Å². The van der Waals surface area contributed by atoms with Gasteiger partial charge in [-0.15, -0.1) is 0 Å². The van der Waals surface area contributed by atoms with Gasteiger partial charge in [0.2, 0.25) is 0 Å². The molecule has 0 aromatic heterocycles. The lowest BCUT2D eigenvalue weighted by Gasteiger charge is -2.31. The van der Waals surface area contributed by atoms with Crippen LogP contribution in [0, 0.1) is 0 Å². The van der Waals surface area contributed by atoms with E-state index in [1.807, 2.05) is 0 Å². The number of rotatable bonds is 7. The summed E-state index contributed by atoms with van der Waals surface area (Å²) in [5.74, 6) is -4.11. The van der Waals surface area contributed by atoms with Crippen LogP contribution in [0.2, 0.25) is 0 Å². The number of carbonyl (C=O) groups is 1. The molecule has 0 heterocycles. The van der Waals surface area contributed by atoms with Gasteiger partial charge in [0.25, 0.3) is 5.92 Å². The monoisotopic (exact) mass is 409 g/mol. The first-order valence-corrected chi connectivity index (χ1v) is 9.20. The smallest absolute Gasteiger partial charge is 0.337 e. The van der Waals surface area contributed by atoms with Crippen molar-refractivity contribution in [1.29, 1.82) is 0 Å². The number of anilines is 1. The molecule has 0 aliphatic heterocycles. The molecular weight excluding hydrogens is 388 g/mol. The van der Waals surface area contributed by atoms with Crippen LogP contribution < -0.4 is 5.32 Å². The van der Waals surface area contributed by atoms with Gasteiger partial charge in [-0.3, -0.25) is 0 Å². The van der Waals surface area contributed by atoms with Gasteiger partial charge in [-0.25, -0.2) is 4.79 Å². The number of esters is 1. The van der Waals surface area contributed by atoms with E-state index in [1.165, 1.54) is 43.5 Å². The Morgan fingerprint density at radius 1 is 0.967 bits per heavy atom. The SMILES string of the molecule is C=C(c1ccc(C(=O)OC)cc1)C(F)(F)[C@@H](Nc1ccccc1O)c1ccccc1. The van der Waals surface area contributed by atoms with Crippen LogP contribution in [-0.2, 0) is 4.74 Å². The van der Waals surface area contributed by atoms with E-state index >= 15 is 8.78 Å². The van der Waals surface area contributed by atoms with Crippen LogP contribution in [0.4, 0.5) is 14.5 Å². The number of phenolic OH excluding ortho intramolecular Hbond substituents is 1. The van der Waals surface area contributed by atoms with Crippen LogP contribution in [0.25, 0.3) is 5.57 Å². The van der Waals surface area contributed by atoms with Crippen molar-refractivity contribution in [2.45, 2.75) is 12.0 Å². The number of ether oxygens (including phenoxy) is 1. The van der Waals surface area contributed by atoms with E-state index in [2.05, 4.69) is 16.6 Å². The zero-order chi connectivity index (χ0) is 21.7. The highest BCUT2D eigenvalue weighted by atomic mass is 19.3. The van der Waals surface area contributed by atoms with E-state index in [-0.39, 0.29) is 22.6 Å². The Hall–Kier alpha value is -3.67. The zero-order valence-corrected chi connectivity index (χ0v) is 16.3. The van der Waals surface area contributed by atoms with Gasteiger partial charge >= 0.3 is 5.97 Å². The quantitative estimate of drug-likeness (QED) is 0.389. The van der Waals surface area contributed by atoms with Crippen molar-refractivity contribution in [2.24, 2.45) is 0 Å². The number of halogens is 2. The number of hydrogen-bond donors (Lipinski definition) is 2. The van der Waals surface area contributed by atoms with Crippen molar-refractivity contribution in [1.82, 2.24) is 0 Å². The summed E-state index contributed by atoms with van der Waals surface area (Å²) in [6.45, 7) is 3.63. The van der Waals surface area contributed by atoms with Gasteiger partial charge in [-0.05, 0) is 35.4 Å². The summed E-state index contributed by atoms with van der Waals surface area (Å²) in [6, 6.07) is 18.6. The molecule has 1 atom stereocenters. The molecule has 4 nitrogen and oxygen atoms in total. The number of methoxy groups -OCH3 is 1. The number of benzene rings is 3. The minimum absolute atomic E-state index is 0.137. The van der Waals surface area contributed by atoms with Crippen LogP contribution in [0.3, 0.4) is 0 Å². The highest BCUT2D eigenvalue weighted by molar-refractivity contribution is 5.89. The molecule has 3 rings (SSSR count). The van der Waals surface area contributed by atoms with Crippen molar-refractivity contribution in [2.75, 3.05) is 12.4 Å². The third kappa shape index (κ3) is 4.33. The van der Waals surface area contributed by atoms with E-state index in [9.17, 15) is 9.90 Å². The molecule has 0 aliphatic rings. The molecule has 0 bridgehead atoms. The third-order valence-electron chi connectivity index (χ3n) is 4.76. The molecule has 0 fully saturated rings. The standard InChI is InChI=1S/C24H21F2NO3/c1-16(17-12-14-19(15-13-17)23(29)30-2)24(25,26)22(18-8-4-3-5-9-18)27-20-10-6-7-11-21(20)28/h3-15,22,27-28H,1H2,2H3/t22-/m0/s1. The summed E-state index contributed by atoms with van der Waals surface area (Å²) in [5, 5.41) is 12.8. The first-order chi connectivity index (χ1) is 14.3. The molecule has 0 unspecified atom stereocenters. The third-order valence-corrected chi connectivity index (χ3v) is 4.76. The van der Waals surface area contributed by atoms with Crippen LogP contribution in [0.15, 0.2) is 85.4 Å². The van der Waals surface area contributed by atoms with E-state index in [0.29, 0.717) is 5.56 Å². The lowest BCUT2D eigenvalue weighted by atomic mass is 9.90. The van der Waals surface area contributed by atoms with Gasteiger partial charge in [-0.1, -0.05) is 61.2 Å². The van der Waals surface area contributed by atoms with Gasteiger partial charge in [-0.2, -0.15) is 8.78 Å². The number of para-hydroxylation sites is 2. The number of aromatic hydroxyl groups is 1. The molecule has 0 radical (unpaired) electrons. The maximum absolute atomic E-state index is 15.7. The van der Waals surface area contributed by atoms with Gasteiger partial charge in [0.1, 0.15) is 11.8 Å². The second-order valence-electron chi connectivity index (χ2n) is 6.68. The molecule has 30 heavy (non-hydrogen) atoms. The summed E-state index contributed by atoms with van der Waals surface area (Å²) >= 11 is 0. The molecule has 0 saturated carbocycles. The number of nitrogens with one attached hydrogen (secondary N) is 1. The fourth-order valence-corrected chi connectivity index (χ4v) is 3.07. The number of phenols is 1. The first-order valence-electron chi connectivity index (χ1n) is 9.20. The number of carbonyl (C=O) groups excluding carboxylic acids is 1. The second kappa shape index (κ2) is 8.78. The second-order valence-corrected chi connectivity index (χ2v) is 6.68. The molecule has 154 valence electrons. The van der Waals surface area contributed by atoms with Gasteiger partial charge in [0.15, 0.2) is 0 Å². The molecular formula is C24H21F2NO3. The normalized spacial score (nSPS) is 12.1. The zero-order valence-electron chi connectivity index (χ0n) is 16.3. The van der Waals surface area contributed by atoms with Crippen LogP contribution in [0.1, 0.15) is 27.5 Å². The minimum Gasteiger partial charge on any atom is -0.506 e. The average molecular weight is 409 g/mol. The summed E-state index contributed by atoms with van der Waals surface area (Å²) in [7, 11) is 1.25. The Labute approximate surface area is 173 Å². The summed E-state index contributed by atoms with van der Waals surface area (Å²) in [4.78, 5) is 11.6. The van der Waals surface area contributed by atoms with Crippen molar-refractivity contribution < 1.29 is 23.4 Å². The van der Waals surface area contributed by atoms with Gasteiger partial charge < -0.3 is 15.2 Å². The van der Waals surface area contributed by atoms with E-state index < -0.39 is 23.5 Å². The Bertz CT molecular complexity index is 1030. The van der Waals surface area contributed by atoms with Crippen LogP contribution in [0.5, 0.6) is 5.75 Å². The fourth-order valence-electron chi connectivity index (χ4n) is 3.07. The predicted molar refractivity (Wildman–Crippen MR) is 113 cm³/mol. The molecule has 3 aromatic rings. The molecule has 6 heteroatoms. The fraction of sp³-hybridized carbons (Fsp3) is 0.125. The average Bonchev–Trinajstić information content (AvgIpc) is 2.78. The van der Waals surface area contributed by atoms with Gasteiger partial charge in [0, 0.05) is 5.57 Å². The Morgan fingerprint density at radius 3 is 2.13 bits per heavy atom. The minimum atomic E-state index is -3.42. The Balaban J connectivity index is 1.97. The van der Waals surface area contributed by atoms with E-state index in [0.717, 1.165) is 0 Å². The highest BCUT2D eigenvalue weighted by Crippen LogP contribution is 2.44. The molecule has 0 amide bonds. The van der Waals surface area contributed by atoms with Crippen LogP contribution in [-0.4, -0.2) is 24.1 Å². The lowest BCUT2D eigenvalue weighted by Crippen LogP contribution is -2.33. The molecule has 3 aromatic carbocycles. The lowest BCUT2D eigenvalue weighted by molar-refractivity contribution is 0.0447. The summed E-state index contributed by atoms with van der Waals surface area (Å²) in [6.07, 6.45) is 0. The molecule has 0 spiro atoms. The first kappa shape index (κ1) is 21.0. The Kier molecular flexibility index (Phi) is 6.16. The predicted octanol–water partition coefficient (Wildman–Crippen LogP) is 5.68. The topological polar surface area (TPSA) is 58.6 Å². The molecule has 0 saturated heterocycles. The van der Waals surface area contributed by atoms with Crippen molar-refractivity contribution in [3.05, 3.63) is 102 Å². The van der Waals surface area contributed by atoms with Crippen molar-refractivity contribution >= 4 is 17.2 Å². The Morgan fingerprint density at radius 2 is 1.53 bits per heavy atom. The highest BCUT2D eigenvalue weighted by Gasteiger charge is 2.44. The van der Waals surface area contributed by atoms with Gasteiger partial charge in [0.05, 0.1) is 18.4 Å². The molecule has 0 aliphatic carbocycles. The van der Waals surface area contributed by atoms with E-state index in [4.69, 9.17) is 0 Å². The summed E-state index contributed by atoms with van der Waals surface area (Å²) in [5.41, 5.74) is 0.533. The maximum Gasteiger partial charge on any atom is 0.337 e. The van der Waals surface area contributed by atoms with Crippen molar-refractivity contribution in [3.8, 4) is 5.75 Å². The number of alkyl halides is 2. The largest absolute Gasteiger partial charge is 0.506 e. The maximum atomic E-state index is 15.7. The molecule has 2 N–H and O–H groups in total. The van der Waals surface area contributed by atoms with Crippen molar-refractivity contribution in [3.63, 3.8) is 0 Å². The van der Waals surface area contributed by atoms with Crippen LogP contribution >= 0.6 is 0 Å². The summed E-state index contributed by atoms with van der Waals surface area (Å²) < 4.78 is 36.0. The number of hydrogen-bond acceptors (Lipinski definition) is 4.